The summed E-state index contributed by atoms with van der Waals surface area (Å²) in [4.78, 5) is 10.5. The molecule has 0 fully saturated rings. The van der Waals surface area contributed by atoms with Gasteiger partial charge in [0.05, 0.1) is 12.3 Å². The third kappa shape index (κ3) is 5.45. The van der Waals surface area contributed by atoms with Crippen LogP contribution in [0, 0.1) is 0 Å². The van der Waals surface area contributed by atoms with Crippen molar-refractivity contribution in [3.63, 3.8) is 0 Å². The van der Waals surface area contributed by atoms with Crippen LogP contribution >= 0.6 is 0 Å². The second-order valence-electron chi connectivity index (χ2n) is 3.16. The van der Waals surface area contributed by atoms with Gasteiger partial charge in [-0.05, 0) is 19.4 Å². The van der Waals surface area contributed by atoms with Gasteiger partial charge in [-0.25, -0.2) is 9.97 Å². The summed E-state index contributed by atoms with van der Waals surface area (Å²) in [7, 11) is 0. The molecule has 0 bridgehead atoms. The van der Waals surface area contributed by atoms with Gasteiger partial charge in [0.15, 0.2) is 0 Å². The molecule has 0 aliphatic heterocycles. The molecular weight excluding hydrogens is 214 g/mol. The number of hydrogen-bond acceptors (Lipinski definition) is 4. The zero-order valence-corrected chi connectivity index (χ0v) is 11.1. The monoisotopic (exact) mass is 237 g/mol. The van der Waals surface area contributed by atoms with E-state index < -0.39 is 0 Å². The highest BCUT2D eigenvalue weighted by Crippen LogP contribution is 2.08. The maximum absolute atomic E-state index is 8.97. The smallest absolute Gasteiger partial charge is 0.225 e. The van der Waals surface area contributed by atoms with E-state index in [1.807, 2.05) is 19.9 Å². The molecule has 1 N–H and O–H groups in total. The molecule has 0 aliphatic rings. The Kier molecular flexibility index (Phi) is 8.96. The maximum atomic E-state index is 8.97. The molecule has 96 valence electrons. The first-order valence-electron chi connectivity index (χ1n) is 6.10. The topological polar surface area (TPSA) is 49.2 Å². The number of nitrogens with zero attached hydrogens (tertiary/aromatic N) is 3. The molecule has 0 radical (unpaired) electrons. The second kappa shape index (κ2) is 9.78. The Morgan fingerprint density at radius 2 is 2.18 bits per heavy atom. The highest BCUT2D eigenvalue weighted by atomic mass is 16.3. The van der Waals surface area contributed by atoms with Gasteiger partial charge in [0.25, 0.3) is 0 Å². The highest BCUT2D eigenvalue weighted by molar-refractivity contribution is 5.29. The van der Waals surface area contributed by atoms with Crippen LogP contribution in [0.3, 0.4) is 0 Å². The molecule has 0 saturated carbocycles. The Bertz CT molecular complexity index is 315. The first-order chi connectivity index (χ1) is 8.31. The zero-order chi connectivity index (χ0) is 13.1. The summed E-state index contributed by atoms with van der Waals surface area (Å²) >= 11 is 0. The number of aliphatic hydroxyl groups excluding tert-OH is 1. The lowest BCUT2D eigenvalue weighted by Gasteiger charge is -2.19. The van der Waals surface area contributed by atoms with Crippen molar-refractivity contribution in [3.8, 4) is 0 Å². The highest BCUT2D eigenvalue weighted by Gasteiger charge is 2.06. The van der Waals surface area contributed by atoms with Gasteiger partial charge in [0.2, 0.25) is 5.95 Å². The molecule has 1 aromatic rings. The number of anilines is 1. The summed E-state index contributed by atoms with van der Waals surface area (Å²) < 4.78 is 0. The first-order valence-corrected chi connectivity index (χ1v) is 6.10. The molecule has 0 aliphatic carbocycles. The van der Waals surface area contributed by atoms with Gasteiger partial charge in [-0.2, -0.15) is 0 Å². The van der Waals surface area contributed by atoms with Gasteiger partial charge in [-0.3, -0.25) is 0 Å². The Labute approximate surface area is 104 Å². The van der Waals surface area contributed by atoms with Crippen LogP contribution in [0.15, 0.2) is 24.9 Å². The van der Waals surface area contributed by atoms with Crippen molar-refractivity contribution in [2.45, 2.75) is 33.8 Å². The normalized spacial score (nSPS) is 9.18. The molecule has 4 nitrogen and oxygen atoms in total. The van der Waals surface area contributed by atoms with Gasteiger partial charge in [-0.1, -0.05) is 19.9 Å². The average Bonchev–Trinajstić information content (AvgIpc) is 2.42. The van der Waals surface area contributed by atoms with E-state index in [1.54, 1.807) is 12.3 Å². The third-order valence-corrected chi connectivity index (χ3v) is 2.13. The molecule has 0 unspecified atom stereocenters. The molecule has 0 amide bonds. The van der Waals surface area contributed by atoms with E-state index in [0.29, 0.717) is 11.6 Å². The zero-order valence-electron chi connectivity index (χ0n) is 11.1. The summed E-state index contributed by atoms with van der Waals surface area (Å²) in [5, 5.41) is 8.97. The summed E-state index contributed by atoms with van der Waals surface area (Å²) in [5.41, 5.74) is 0.650. The fourth-order valence-electron chi connectivity index (χ4n) is 1.27. The molecule has 4 heteroatoms. The second-order valence-corrected chi connectivity index (χ2v) is 3.16. The molecule has 1 heterocycles. The molecule has 0 aromatic carbocycles. The first kappa shape index (κ1) is 15.6. The van der Waals surface area contributed by atoms with E-state index in [4.69, 9.17) is 5.11 Å². The van der Waals surface area contributed by atoms with Crippen molar-refractivity contribution in [1.29, 1.82) is 0 Å². The molecule has 0 saturated heterocycles. The van der Waals surface area contributed by atoms with Gasteiger partial charge in [-0.15, -0.1) is 6.58 Å². The fraction of sp³-hybridized carbons (Fsp3) is 0.538. The minimum absolute atomic E-state index is 0.0471. The van der Waals surface area contributed by atoms with Crippen molar-refractivity contribution < 1.29 is 5.11 Å². The largest absolute Gasteiger partial charge is 0.390 e. The molecule has 0 spiro atoms. The standard InChI is InChI=1S/C11H17N3O.C2H6/c1-3-5-8-14(4-2)11-12-7-6-10(9-15)13-11;1-2/h3,6-7,15H,1,4-5,8-9H2,2H3;1-2H3. The quantitative estimate of drug-likeness (QED) is 0.772. The summed E-state index contributed by atoms with van der Waals surface area (Å²) in [6, 6.07) is 1.71. The van der Waals surface area contributed by atoms with Crippen molar-refractivity contribution in [3.05, 3.63) is 30.6 Å². The van der Waals surface area contributed by atoms with Crippen LogP contribution in [0.1, 0.15) is 32.9 Å². The number of hydrogen-bond donors (Lipinski definition) is 1. The minimum atomic E-state index is -0.0471. The van der Waals surface area contributed by atoms with E-state index in [-0.39, 0.29) is 6.61 Å². The Hall–Kier alpha value is -1.42. The van der Waals surface area contributed by atoms with E-state index in [9.17, 15) is 0 Å². The van der Waals surface area contributed by atoms with Gasteiger partial charge in [0.1, 0.15) is 0 Å². The van der Waals surface area contributed by atoms with Crippen LogP contribution < -0.4 is 4.90 Å². The van der Waals surface area contributed by atoms with E-state index in [2.05, 4.69) is 28.4 Å². The number of aliphatic hydroxyl groups is 1. The minimum Gasteiger partial charge on any atom is -0.390 e. The number of aromatic nitrogens is 2. The van der Waals surface area contributed by atoms with Crippen LogP contribution in [-0.2, 0) is 6.61 Å². The van der Waals surface area contributed by atoms with Gasteiger partial charge >= 0.3 is 0 Å². The Morgan fingerprint density at radius 1 is 1.47 bits per heavy atom. The Balaban J connectivity index is 0.00000121. The average molecular weight is 237 g/mol. The molecule has 0 atom stereocenters. The van der Waals surface area contributed by atoms with Gasteiger partial charge in [0, 0.05) is 19.3 Å². The SMILES string of the molecule is C=CCCN(CC)c1nccc(CO)n1.CC. The number of rotatable bonds is 6. The van der Waals surface area contributed by atoms with Crippen LogP contribution in [-0.4, -0.2) is 28.2 Å². The molecule has 17 heavy (non-hydrogen) atoms. The summed E-state index contributed by atoms with van der Waals surface area (Å²) in [5.74, 6) is 0.672. The van der Waals surface area contributed by atoms with E-state index >= 15 is 0 Å². The van der Waals surface area contributed by atoms with Crippen molar-refractivity contribution in [2.75, 3.05) is 18.0 Å². The van der Waals surface area contributed by atoms with Crippen LogP contribution in [0.4, 0.5) is 5.95 Å². The molecular formula is C13H23N3O. The molecule has 1 aromatic heterocycles. The Morgan fingerprint density at radius 3 is 2.71 bits per heavy atom. The summed E-state index contributed by atoms with van der Waals surface area (Å²) in [6.45, 7) is 11.4. The lowest BCUT2D eigenvalue weighted by atomic mass is 10.4. The maximum Gasteiger partial charge on any atom is 0.225 e. The van der Waals surface area contributed by atoms with E-state index in [1.165, 1.54) is 0 Å². The van der Waals surface area contributed by atoms with Crippen LogP contribution in [0.5, 0.6) is 0 Å². The van der Waals surface area contributed by atoms with Crippen LogP contribution in [0.2, 0.25) is 0 Å². The molecule has 1 rings (SSSR count). The lowest BCUT2D eigenvalue weighted by molar-refractivity contribution is 0.276. The van der Waals surface area contributed by atoms with E-state index in [0.717, 1.165) is 19.5 Å². The van der Waals surface area contributed by atoms with Gasteiger partial charge < -0.3 is 10.0 Å². The van der Waals surface area contributed by atoms with Crippen molar-refractivity contribution >= 4 is 5.95 Å². The predicted octanol–water partition coefficient (Wildman–Crippen LogP) is 2.40. The van der Waals surface area contributed by atoms with Crippen molar-refractivity contribution in [2.24, 2.45) is 0 Å². The van der Waals surface area contributed by atoms with Crippen molar-refractivity contribution in [1.82, 2.24) is 9.97 Å². The summed E-state index contributed by atoms with van der Waals surface area (Å²) in [6.07, 6.45) is 4.45. The predicted molar refractivity (Wildman–Crippen MR) is 72.0 cm³/mol. The van der Waals surface area contributed by atoms with Crippen LogP contribution in [0.25, 0.3) is 0 Å². The third-order valence-electron chi connectivity index (χ3n) is 2.13. The lowest BCUT2D eigenvalue weighted by Crippen LogP contribution is -2.25. The fourth-order valence-corrected chi connectivity index (χ4v) is 1.27.